The van der Waals surface area contributed by atoms with Gasteiger partial charge in [0, 0.05) is 17.6 Å². The Morgan fingerprint density at radius 3 is 2.74 bits per heavy atom. The summed E-state index contributed by atoms with van der Waals surface area (Å²) in [5.74, 6) is 0.475. The molecule has 0 saturated carbocycles. The molecule has 8 heteroatoms. The molecule has 0 aliphatic heterocycles. The fraction of sp³-hybridized carbons (Fsp3) is 0.211. The maximum atomic E-state index is 12.4. The summed E-state index contributed by atoms with van der Waals surface area (Å²) in [5, 5.41) is 7.48. The number of carbonyl (C=O) groups excluding carboxylic acids is 1. The molecule has 0 radical (unpaired) electrons. The molecule has 7 nitrogen and oxygen atoms in total. The minimum Gasteiger partial charge on any atom is -0.441 e. The molecular weight excluding hydrogens is 366 g/mol. The number of amides is 1. The van der Waals surface area contributed by atoms with Crippen LogP contribution in [0.15, 0.2) is 42.6 Å². The Morgan fingerprint density at radius 2 is 2.04 bits per heavy atom. The zero-order valence-corrected chi connectivity index (χ0v) is 16.0. The van der Waals surface area contributed by atoms with Crippen molar-refractivity contribution < 1.29 is 9.53 Å². The molecule has 0 unspecified atom stereocenters. The van der Waals surface area contributed by atoms with Crippen molar-refractivity contribution in [3.05, 3.63) is 58.9 Å². The second kappa shape index (κ2) is 7.67. The third kappa shape index (κ3) is 4.03. The number of carbonyl (C=O) groups is 1. The molecule has 0 aliphatic rings. The molecule has 2 heterocycles. The standard InChI is InChI=1S/C19H20ClN5O2/c1-11-16(21)8-9-17(23-11)14-10-22-25(3)18(14)24-19(26)27-12(2)13-6-4-5-7-15(13)20/h4-10,12H,21H2,1-3H3,(H,24,26)/t12-/m1/s1. The van der Waals surface area contributed by atoms with Crippen molar-refractivity contribution in [3.63, 3.8) is 0 Å². The SMILES string of the molecule is Cc1nc(-c2cnn(C)c2NC(=O)O[C@H](C)c2ccccc2Cl)ccc1N. The van der Waals surface area contributed by atoms with Gasteiger partial charge in [0.25, 0.3) is 0 Å². The number of pyridine rings is 1. The van der Waals surface area contributed by atoms with Gasteiger partial charge in [-0.25, -0.2) is 4.79 Å². The van der Waals surface area contributed by atoms with E-state index in [0.29, 0.717) is 33.5 Å². The predicted molar refractivity (Wildman–Crippen MR) is 106 cm³/mol. The second-order valence-corrected chi connectivity index (χ2v) is 6.50. The molecule has 0 fully saturated rings. The zero-order valence-electron chi connectivity index (χ0n) is 15.2. The molecule has 0 aliphatic carbocycles. The van der Waals surface area contributed by atoms with Gasteiger partial charge < -0.3 is 10.5 Å². The highest BCUT2D eigenvalue weighted by Crippen LogP contribution is 2.29. The van der Waals surface area contributed by atoms with Gasteiger partial charge in [-0.15, -0.1) is 0 Å². The Balaban J connectivity index is 1.79. The number of hydrogen-bond donors (Lipinski definition) is 2. The van der Waals surface area contributed by atoms with Crippen molar-refractivity contribution in [1.29, 1.82) is 0 Å². The van der Waals surface area contributed by atoms with Crippen LogP contribution in [0.2, 0.25) is 5.02 Å². The lowest BCUT2D eigenvalue weighted by Gasteiger charge is -2.16. The number of aromatic nitrogens is 3. The monoisotopic (exact) mass is 385 g/mol. The first-order valence-corrected chi connectivity index (χ1v) is 8.72. The van der Waals surface area contributed by atoms with Crippen LogP contribution in [-0.2, 0) is 11.8 Å². The highest BCUT2D eigenvalue weighted by atomic mass is 35.5. The molecule has 3 aromatic rings. The molecule has 3 N–H and O–H groups in total. The van der Waals surface area contributed by atoms with Crippen LogP contribution in [0.3, 0.4) is 0 Å². The molecule has 2 aromatic heterocycles. The Hall–Kier alpha value is -3.06. The topological polar surface area (TPSA) is 95.1 Å². The van der Waals surface area contributed by atoms with E-state index < -0.39 is 12.2 Å². The first-order valence-electron chi connectivity index (χ1n) is 8.34. The molecule has 0 spiro atoms. The van der Waals surface area contributed by atoms with E-state index in [-0.39, 0.29) is 0 Å². The number of aryl methyl sites for hydroxylation is 2. The smallest absolute Gasteiger partial charge is 0.413 e. The number of ether oxygens (including phenoxy) is 1. The first-order chi connectivity index (χ1) is 12.9. The fourth-order valence-corrected chi connectivity index (χ4v) is 2.94. The number of nitrogens with zero attached hydrogens (tertiary/aromatic N) is 3. The summed E-state index contributed by atoms with van der Waals surface area (Å²) in [6, 6.07) is 10.8. The molecule has 1 atom stereocenters. The van der Waals surface area contributed by atoms with E-state index in [0.717, 1.165) is 5.56 Å². The quantitative estimate of drug-likeness (QED) is 0.696. The van der Waals surface area contributed by atoms with E-state index in [1.807, 2.05) is 25.1 Å². The Labute approximate surface area is 162 Å². The van der Waals surface area contributed by atoms with Crippen LogP contribution < -0.4 is 11.1 Å². The van der Waals surface area contributed by atoms with E-state index in [1.165, 1.54) is 0 Å². The minimum absolute atomic E-state index is 0.475. The van der Waals surface area contributed by atoms with Gasteiger partial charge in [-0.2, -0.15) is 5.10 Å². The average Bonchev–Trinajstić information content (AvgIpc) is 2.98. The summed E-state index contributed by atoms with van der Waals surface area (Å²) < 4.78 is 7.01. The van der Waals surface area contributed by atoms with Crippen molar-refractivity contribution in [1.82, 2.24) is 14.8 Å². The van der Waals surface area contributed by atoms with Gasteiger partial charge in [0.05, 0.1) is 28.8 Å². The van der Waals surface area contributed by atoms with Crippen LogP contribution in [0.4, 0.5) is 16.3 Å². The fourth-order valence-electron chi connectivity index (χ4n) is 2.65. The molecule has 3 rings (SSSR count). The number of nitrogens with one attached hydrogen (secondary N) is 1. The van der Waals surface area contributed by atoms with Crippen molar-refractivity contribution in [2.75, 3.05) is 11.1 Å². The Morgan fingerprint density at radius 1 is 1.30 bits per heavy atom. The normalized spacial score (nSPS) is 11.9. The average molecular weight is 386 g/mol. The molecule has 1 aromatic carbocycles. The van der Waals surface area contributed by atoms with Crippen LogP contribution in [0.25, 0.3) is 11.3 Å². The van der Waals surface area contributed by atoms with E-state index in [4.69, 9.17) is 22.1 Å². The van der Waals surface area contributed by atoms with E-state index in [2.05, 4.69) is 15.4 Å². The van der Waals surface area contributed by atoms with E-state index in [1.54, 1.807) is 43.0 Å². The first kappa shape index (κ1) is 18.7. The Bertz CT molecular complexity index is 986. The highest BCUT2D eigenvalue weighted by Gasteiger charge is 2.19. The van der Waals surface area contributed by atoms with Crippen LogP contribution >= 0.6 is 11.6 Å². The lowest BCUT2D eigenvalue weighted by Crippen LogP contribution is -2.18. The molecule has 0 bridgehead atoms. The third-order valence-electron chi connectivity index (χ3n) is 4.19. The number of anilines is 2. The minimum atomic E-state index is -0.612. The van der Waals surface area contributed by atoms with Crippen molar-refractivity contribution >= 4 is 29.2 Å². The summed E-state index contributed by atoms with van der Waals surface area (Å²) in [6.45, 7) is 3.58. The summed E-state index contributed by atoms with van der Waals surface area (Å²) in [7, 11) is 1.72. The van der Waals surface area contributed by atoms with Gasteiger partial charge in [-0.05, 0) is 32.0 Å². The molecule has 140 valence electrons. The van der Waals surface area contributed by atoms with Crippen LogP contribution in [0, 0.1) is 6.92 Å². The van der Waals surface area contributed by atoms with Crippen molar-refractivity contribution in [2.24, 2.45) is 7.05 Å². The van der Waals surface area contributed by atoms with Crippen molar-refractivity contribution in [3.8, 4) is 11.3 Å². The lowest BCUT2D eigenvalue weighted by molar-refractivity contribution is 0.121. The maximum Gasteiger partial charge on any atom is 0.413 e. The van der Waals surface area contributed by atoms with E-state index >= 15 is 0 Å². The summed E-state index contributed by atoms with van der Waals surface area (Å²) in [5.41, 5.74) is 9.19. The summed E-state index contributed by atoms with van der Waals surface area (Å²) >= 11 is 6.16. The molecule has 27 heavy (non-hydrogen) atoms. The predicted octanol–water partition coefficient (Wildman–Crippen LogP) is 4.34. The highest BCUT2D eigenvalue weighted by molar-refractivity contribution is 6.31. The van der Waals surface area contributed by atoms with Crippen molar-refractivity contribution in [2.45, 2.75) is 20.0 Å². The van der Waals surface area contributed by atoms with Gasteiger partial charge in [0.2, 0.25) is 0 Å². The number of hydrogen-bond acceptors (Lipinski definition) is 5. The number of nitrogens with two attached hydrogens (primary N) is 1. The largest absolute Gasteiger partial charge is 0.441 e. The number of halogens is 1. The maximum absolute atomic E-state index is 12.4. The summed E-state index contributed by atoms with van der Waals surface area (Å²) in [6.07, 6.45) is 0.511. The summed E-state index contributed by atoms with van der Waals surface area (Å²) in [4.78, 5) is 16.9. The van der Waals surface area contributed by atoms with Crippen LogP contribution in [0.1, 0.15) is 24.3 Å². The molecular formula is C19H20ClN5O2. The Kier molecular flexibility index (Phi) is 5.32. The van der Waals surface area contributed by atoms with Gasteiger partial charge >= 0.3 is 6.09 Å². The third-order valence-corrected chi connectivity index (χ3v) is 4.53. The second-order valence-electron chi connectivity index (χ2n) is 6.10. The van der Waals surface area contributed by atoms with Gasteiger partial charge in [0.1, 0.15) is 11.9 Å². The van der Waals surface area contributed by atoms with Gasteiger partial charge in [0.15, 0.2) is 0 Å². The van der Waals surface area contributed by atoms with E-state index in [9.17, 15) is 4.79 Å². The van der Waals surface area contributed by atoms with Gasteiger partial charge in [-0.1, -0.05) is 29.8 Å². The molecule has 0 saturated heterocycles. The van der Waals surface area contributed by atoms with Crippen LogP contribution in [0.5, 0.6) is 0 Å². The van der Waals surface area contributed by atoms with Gasteiger partial charge in [-0.3, -0.25) is 15.0 Å². The number of nitrogen functional groups attached to an aromatic ring is 1. The van der Waals surface area contributed by atoms with Crippen LogP contribution in [-0.4, -0.2) is 20.9 Å². The number of rotatable bonds is 4. The zero-order chi connectivity index (χ0) is 19.6. The lowest BCUT2D eigenvalue weighted by atomic mass is 10.1. The number of benzene rings is 1. The molecule has 1 amide bonds.